The van der Waals surface area contributed by atoms with E-state index in [4.69, 9.17) is 0 Å². The number of aromatic hydroxyl groups is 1. The summed E-state index contributed by atoms with van der Waals surface area (Å²) in [6.45, 7) is 2.48. The molecule has 0 spiro atoms. The van der Waals surface area contributed by atoms with Crippen LogP contribution in [0.1, 0.15) is 34.6 Å². The molecule has 29 heavy (non-hydrogen) atoms. The van der Waals surface area contributed by atoms with E-state index in [0.717, 1.165) is 23.6 Å². The molecule has 9 heteroatoms. The number of ketones is 1. The van der Waals surface area contributed by atoms with Gasteiger partial charge in [-0.1, -0.05) is 0 Å². The number of hydrogen-bond donors (Lipinski definition) is 3. The Morgan fingerprint density at radius 2 is 1.59 bits per heavy atom. The van der Waals surface area contributed by atoms with Crippen molar-refractivity contribution in [1.82, 2.24) is 9.88 Å². The number of benzene rings is 2. The van der Waals surface area contributed by atoms with Crippen molar-refractivity contribution in [3.63, 3.8) is 0 Å². The molecule has 2 aromatic carbocycles. The Morgan fingerprint density at radius 1 is 0.966 bits per heavy atom. The van der Waals surface area contributed by atoms with Crippen LogP contribution in [0, 0.1) is 5.82 Å². The topological polar surface area (TPSA) is 118 Å². The number of imide groups is 1. The number of rotatable bonds is 3. The van der Waals surface area contributed by atoms with E-state index in [1.807, 2.05) is 5.32 Å². The second-order valence-electron chi connectivity index (χ2n) is 6.27. The zero-order chi connectivity index (χ0) is 21.3. The normalized spacial score (nSPS) is 10.6. The van der Waals surface area contributed by atoms with Gasteiger partial charge in [0.15, 0.2) is 5.78 Å². The highest BCUT2D eigenvalue weighted by Crippen LogP contribution is 2.37. The van der Waals surface area contributed by atoms with Crippen molar-refractivity contribution in [3.8, 4) is 5.88 Å². The van der Waals surface area contributed by atoms with Crippen LogP contribution < -0.4 is 10.6 Å². The van der Waals surface area contributed by atoms with Crippen LogP contribution in [-0.4, -0.2) is 33.3 Å². The summed E-state index contributed by atoms with van der Waals surface area (Å²) < 4.78 is 13.9. The summed E-state index contributed by atoms with van der Waals surface area (Å²) in [6, 6.07) is 8.06. The van der Waals surface area contributed by atoms with Crippen LogP contribution in [-0.2, 0) is 4.79 Å². The third-order valence-electron chi connectivity index (χ3n) is 4.18. The van der Waals surface area contributed by atoms with Crippen molar-refractivity contribution in [3.05, 3.63) is 59.4 Å². The number of hydrogen-bond acceptors (Lipinski definition) is 5. The van der Waals surface area contributed by atoms with Crippen molar-refractivity contribution >= 4 is 40.2 Å². The fourth-order valence-electron chi connectivity index (χ4n) is 2.82. The van der Waals surface area contributed by atoms with Crippen LogP contribution in [0.15, 0.2) is 42.5 Å². The van der Waals surface area contributed by atoms with Gasteiger partial charge in [-0.15, -0.1) is 0 Å². The molecule has 0 aliphatic heterocycles. The predicted molar refractivity (Wildman–Crippen MR) is 103 cm³/mol. The molecule has 0 radical (unpaired) electrons. The fraction of sp³-hybridized carbons (Fsp3) is 0.100. The number of amides is 3. The number of carbonyl (C=O) groups is 4. The van der Waals surface area contributed by atoms with Gasteiger partial charge in [0, 0.05) is 23.4 Å². The molecule has 8 nitrogen and oxygen atoms in total. The Bertz CT molecular complexity index is 1170. The monoisotopic (exact) mass is 397 g/mol. The molecule has 1 aromatic heterocycles. The average molecular weight is 397 g/mol. The maximum Gasteiger partial charge on any atom is 0.335 e. The first-order valence-electron chi connectivity index (χ1n) is 8.46. The van der Waals surface area contributed by atoms with Gasteiger partial charge in [0.1, 0.15) is 11.5 Å². The molecule has 148 valence electrons. The Hall–Kier alpha value is -4.01. The lowest BCUT2D eigenvalue weighted by Gasteiger charge is -2.07. The third-order valence-corrected chi connectivity index (χ3v) is 4.18. The van der Waals surface area contributed by atoms with Gasteiger partial charge in [-0.05, 0) is 49.4 Å². The first-order valence-corrected chi connectivity index (χ1v) is 8.46. The summed E-state index contributed by atoms with van der Waals surface area (Å²) in [7, 11) is 0. The highest BCUT2D eigenvalue weighted by Gasteiger charge is 2.24. The molecule has 0 fully saturated rings. The molecule has 0 bridgehead atoms. The smallest absolute Gasteiger partial charge is 0.335 e. The van der Waals surface area contributed by atoms with Gasteiger partial charge < -0.3 is 10.4 Å². The molecule has 3 rings (SSSR count). The molecule has 0 unspecified atom stereocenters. The second kappa shape index (κ2) is 7.55. The summed E-state index contributed by atoms with van der Waals surface area (Å²) >= 11 is 0. The van der Waals surface area contributed by atoms with E-state index in [2.05, 4.69) is 5.32 Å². The Labute approximate surface area is 163 Å². The summed E-state index contributed by atoms with van der Waals surface area (Å²) in [5.74, 6) is -2.72. The van der Waals surface area contributed by atoms with Crippen molar-refractivity contribution in [2.45, 2.75) is 13.8 Å². The Balaban J connectivity index is 2.14. The van der Waals surface area contributed by atoms with Crippen molar-refractivity contribution in [2.75, 3.05) is 5.32 Å². The summed E-state index contributed by atoms with van der Waals surface area (Å²) in [6.07, 6.45) is 0. The van der Waals surface area contributed by atoms with Crippen LogP contribution in [0.2, 0.25) is 0 Å². The SMILES string of the molecule is CC(=O)NC(=O)n1c(O)c(NC(=O)c2ccc(F)cc2)c2cc(C(C)=O)ccc21. The summed E-state index contributed by atoms with van der Waals surface area (Å²) in [4.78, 5) is 47.9. The fourth-order valence-corrected chi connectivity index (χ4v) is 2.82. The molecule has 1 heterocycles. The average Bonchev–Trinajstić information content (AvgIpc) is 2.92. The maximum absolute atomic E-state index is 13.1. The van der Waals surface area contributed by atoms with Crippen LogP contribution in [0.25, 0.3) is 10.9 Å². The third kappa shape index (κ3) is 3.84. The summed E-state index contributed by atoms with van der Waals surface area (Å²) in [5, 5.41) is 15.3. The zero-order valence-corrected chi connectivity index (χ0v) is 15.4. The highest BCUT2D eigenvalue weighted by molar-refractivity contribution is 6.14. The zero-order valence-electron chi connectivity index (χ0n) is 15.4. The van der Waals surface area contributed by atoms with Gasteiger partial charge in [-0.25, -0.2) is 13.8 Å². The van der Waals surface area contributed by atoms with Gasteiger partial charge in [0.05, 0.1) is 5.52 Å². The van der Waals surface area contributed by atoms with Crippen molar-refractivity contribution in [1.29, 1.82) is 0 Å². The van der Waals surface area contributed by atoms with E-state index in [0.29, 0.717) is 5.56 Å². The highest BCUT2D eigenvalue weighted by atomic mass is 19.1. The van der Waals surface area contributed by atoms with Gasteiger partial charge in [-0.3, -0.25) is 19.7 Å². The maximum atomic E-state index is 13.1. The van der Waals surface area contributed by atoms with E-state index in [1.54, 1.807) is 0 Å². The number of nitrogens with zero attached hydrogens (tertiary/aromatic N) is 1. The first kappa shape index (κ1) is 19.7. The quantitative estimate of drug-likeness (QED) is 0.587. The number of aromatic nitrogens is 1. The van der Waals surface area contributed by atoms with Gasteiger partial charge in [-0.2, -0.15) is 0 Å². The second-order valence-corrected chi connectivity index (χ2v) is 6.27. The minimum Gasteiger partial charge on any atom is -0.493 e. The van der Waals surface area contributed by atoms with Crippen LogP contribution in [0.3, 0.4) is 0 Å². The van der Waals surface area contributed by atoms with E-state index >= 15 is 0 Å². The van der Waals surface area contributed by atoms with E-state index < -0.39 is 29.5 Å². The standard InChI is InChI=1S/C20H16FN3O5/c1-10(25)13-5-8-16-15(9-13)17(19(28)24(16)20(29)22-11(2)26)23-18(27)12-3-6-14(21)7-4-12/h3-9,28H,1-2H3,(H,23,27)(H,22,26,29). The number of anilines is 1. The molecule has 3 N–H and O–H groups in total. The van der Waals surface area contributed by atoms with Crippen molar-refractivity contribution in [2.24, 2.45) is 0 Å². The lowest BCUT2D eigenvalue weighted by atomic mass is 10.1. The van der Waals surface area contributed by atoms with E-state index in [1.165, 1.54) is 37.3 Å². The van der Waals surface area contributed by atoms with Gasteiger partial charge >= 0.3 is 6.03 Å². The molecule has 3 aromatic rings. The Morgan fingerprint density at radius 3 is 2.17 bits per heavy atom. The van der Waals surface area contributed by atoms with E-state index in [-0.39, 0.29) is 27.9 Å². The first-order chi connectivity index (χ1) is 13.7. The largest absolute Gasteiger partial charge is 0.493 e. The molecule has 0 aliphatic rings. The number of nitrogens with one attached hydrogen (secondary N) is 2. The van der Waals surface area contributed by atoms with Crippen LogP contribution in [0.5, 0.6) is 5.88 Å². The minimum absolute atomic E-state index is 0.114. The van der Waals surface area contributed by atoms with Crippen LogP contribution in [0.4, 0.5) is 14.9 Å². The Kier molecular flexibility index (Phi) is 5.14. The lowest BCUT2D eigenvalue weighted by Crippen LogP contribution is -2.31. The molecule has 0 saturated heterocycles. The number of Topliss-reactive ketones (excluding diaryl/α,β-unsaturated/α-hetero) is 1. The molecular formula is C20H16FN3O5. The number of fused-ring (bicyclic) bond motifs is 1. The lowest BCUT2D eigenvalue weighted by molar-refractivity contribution is -0.117. The summed E-state index contributed by atoms with van der Waals surface area (Å²) in [5.41, 5.74) is 0.443. The predicted octanol–water partition coefficient (Wildman–Crippen LogP) is 3.05. The van der Waals surface area contributed by atoms with Gasteiger partial charge in [0.25, 0.3) is 5.91 Å². The molecular weight excluding hydrogens is 381 g/mol. The van der Waals surface area contributed by atoms with Gasteiger partial charge in [0.2, 0.25) is 11.8 Å². The van der Waals surface area contributed by atoms with Crippen molar-refractivity contribution < 1.29 is 28.7 Å². The number of halogens is 1. The minimum atomic E-state index is -0.933. The molecule has 0 atom stereocenters. The molecule has 0 saturated carbocycles. The van der Waals surface area contributed by atoms with E-state index in [9.17, 15) is 28.7 Å². The van der Waals surface area contributed by atoms with Crippen LogP contribution >= 0.6 is 0 Å². The number of carbonyl (C=O) groups excluding carboxylic acids is 4. The molecule has 3 amide bonds. The molecule has 0 aliphatic carbocycles.